The zero-order valence-corrected chi connectivity index (χ0v) is 19.3. The Kier molecular flexibility index (Phi) is 8.29. The summed E-state index contributed by atoms with van der Waals surface area (Å²) in [5.74, 6) is 3.59. The Balaban J connectivity index is 1.83. The Morgan fingerprint density at radius 2 is 2.03 bits per heavy atom. The highest BCUT2D eigenvalue weighted by Crippen LogP contribution is 2.36. The normalized spacial score (nSPS) is 16.3. The molecule has 5 nitrogen and oxygen atoms in total. The lowest BCUT2D eigenvalue weighted by atomic mass is 10.0. The fraction of sp³-hybridized carbons (Fsp3) is 0.269. The van der Waals surface area contributed by atoms with E-state index < -0.39 is 0 Å². The molecule has 1 saturated heterocycles. The second-order valence-electron chi connectivity index (χ2n) is 7.10. The fourth-order valence-electron chi connectivity index (χ4n) is 3.32. The van der Waals surface area contributed by atoms with Crippen molar-refractivity contribution in [2.75, 3.05) is 18.5 Å². The summed E-state index contributed by atoms with van der Waals surface area (Å²) in [6, 6.07) is 12.1. The Labute approximate surface area is 194 Å². The highest BCUT2D eigenvalue weighted by atomic mass is 32.2. The van der Waals surface area contributed by atoms with E-state index in [2.05, 4.69) is 42.2 Å². The first kappa shape index (κ1) is 23.4. The van der Waals surface area contributed by atoms with Gasteiger partial charge < -0.3 is 20.1 Å². The molecule has 32 heavy (non-hydrogen) atoms. The molecule has 1 aliphatic heterocycles. The van der Waals surface area contributed by atoms with Crippen molar-refractivity contribution in [3.8, 4) is 23.8 Å². The quantitative estimate of drug-likeness (QED) is 0.305. The van der Waals surface area contributed by atoms with Crippen molar-refractivity contribution in [2.24, 2.45) is 0 Å². The summed E-state index contributed by atoms with van der Waals surface area (Å²) < 4.78 is 11.5. The average molecular weight is 449 g/mol. The van der Waals surface area contributed by atoms with Gasteiger partial charge >= 0.3 is 0 Å². The van der Waals surface area contributed by atoms with Crippen LogP contribution in [0.2, 0.25) is 0 Å². The van der Waals surface area contributed by atoms with Crippen LogP contribution in [-0.4, -0.2) is 24.6 Å². The Bertz CT molecular complexity index is 1040. The number of carbonyl (C=O) groups excluding carboxylic acids is 1. The van der Waals surface area contributed by atoms with Crippen LogP contribution in [0.1, 0.15) is 30.5 Å². The molecule has 0 unspecified atom stereocenters. The highest BCUT2D eigenvalue weighted by molar-refractivity contribution is 8.05. The number of hydrogen-bond acceptors (Lipinski definition) is 5. The first-order chi connectivity index (χ1) is 15.6. The maximum Gasteiger partial charge on any atom is 0.260 e. The number of nitrogens with one attached hydrogen (secondary N) is 2. The van der Waals surface area contributed by atoms with Gasteiger partial charge in [-0.15, -0.1) is 13.0 Å². The lowest BCUT2D eigenvalue weighted by Gasteiger charge is -2.15. The first-order valence-corrected chi connectivity index (χ1v) is 11.5. The third-order valence-corrected chi connectivity index (χ3v) is 5.84. The summed E-state index contributed by atoms with van der Waals surface area (Å²) in [6.45, 7) is 8.49. The van der Waals surface area contributed by atoms with E-state index in [1.54, 1.807) is 6.08 Å². The standard InChI is InChI=1S/C26H28N2O3S/c1-5-9-20-15-19(16-22(30-8-4)24(20)31-14-6-2)17-23-25(29)28-26(32-23)27-21-12-10-18(7-3)11-13-21/h2,5,10-13,15-17,26-27H,1,7-9,14H2,3-4H3,(H,28,29)/b23-17-/t26-/m1/s1. The van der Waals surface area contributed by atoms with Gasteiger partial charge in [-0.25, -0.2) is 0 Å². The van der Waals surface area contributed by atoms with Gasteiger partial charge in [-0.3, -0.25) is 4.79 Å². The van der Waals surface area contributed by atoms with Gasteiger partial charge in [0.15, 0.2) is 17.0 Å². The van der Waals surface area contributed by atoms with E-state index in [1.807, 2.05) is 37.3 Å². The molecule has 3 rings (SSSR count). The highest BCUT2D eigenvalue weighted by Gasteiger charge is 2.27. The number of hydrogen-bond donors (Lipinski definition) is 2. The number of thioether (sulfide) groups is 1. The number of aryl methyl sites for hydroxylation is 1. The third-order valence-electron chi connectivity index (χ3n) is 4.81. The second-order valence-corrected chi connectivity index (χ2v) is 8.25. The van der Waals surface area contributed by atoms with Crippen molar-refractivity contribution in [1.82, 2.24) is 5.32 Å². The fourth-order valence-corrected chi connectivity index (χ4v) is 4.30. The van der Waals surface area contributed by atoms with Gasteiger partial charge in [0.25, 0.3) is 5.91 Å². The molecule has 2 aromatic rings. The number of ether oxygens (including phenoxy) is 2. The number of amides is 1. The molecule has 0 spiro atoms. The molecule has 1 amide bonds. The van der Waals surface area contributed by atoms with Crippen LogP contribution in [0.4, 0.5) is 5.69 Å². The number of carbonyl (C=O) groups is 1. The van der Waals surface area contributed by atoms with Gasteiger partial charge in [0, 0.05) is 11.3 Å². The number of terminal acetylenes is 1. The number of allylic oxidation sites excluding steroid dienone is 1. The maximum absolute atomic E-state index is 12.6. The smallest absolute Gasteiger partial charge is 0.260 e. The van der Waals surface area contributed by atoms with Crippen molar-refractivity contribution in [3.05, 3.63) is 70.6 Å². The summed E-state index contributed by atoms with van der Waals surface area (Å²) in [7, 11) is 0. The van der Waals surface area contributed by atoms with Gasteiger partial charge in [-0.2, -0.15) is 0 Å². The zero-order valence-electron chi connectivity index (χ0n) is 18.4. The summed E-state index contributed by atoms with van der Waals surface area (Å²) in [5, 5.41) is 6.32. The maximum atomic E-state index is 12.6. The van der Waals surface area contributed by atoms with E-state index >= 15 is 0 Å². The summed E-state index contributed by atoms with van der Waals surface area (Å²) in [4.78, 5) is 13.2. The molecule has 0 radical (unpaired) electrons. The summed E-state index contributed by atoms with van der Waals surface area (Å²) >= 11 is 1.45. The van der Waals surface area contributed by atoms with Crippen LogP contribution < -0.4 is 20.1 Å². The largest absolute Gasteiger partial charge is 0.490 e. The molecule has 2 N–H and O–H groups in total. The third kappa shape index (κ3) is 5.89. The van der Waals surface area contributed by atoms with Crippen molar-refractivity contribution < 1.29 is 14.3 Å². The summed E-state index contributed by atoms with van der Waals surface area (Å²) in [5.41, 5.74) is 3.75. The van der Waals surface area contributed by atoms with E-state index in [9.17, 15) is 4.79 Å². The Morgan fingerprint density at radius 1 is 1.25 bits per heavy atom. The van der Waals surface area contributed by atoms with E-state index in [4.69, 9.17) is 15.9 Å². The first-order valence-electron chi connectivity index (χ1n) is 10.6. The lowest BCUT2D eigenvalue weighted by molar-refractivity contribution is -0.116. The molecule has 1 fully saturated rings. The molecular weight excluding hydrogens is 420 g/mol. The minimum Gasteiger partial charge on any atom is -0.490 e. The predicted molar refractivity (Wildman–Crippen MR) is 133 cm³/mol. The van der Waals surface area contributed by atoms with Crippen LogP contribution in [0, 0.1) is 12.3 Å². The Hall–Kier alpha value is -3.30. The number of rotatable bonds is 10. The molecule has 6 heteroatoms. The minimum absolute atomic E-state index is 0.117. The number of benzene rings is 2. The van der Waals surface area contributed by atoms with Crippen LogP contribution in [-0.2, 0) is 17.6 Å². The minimum atomic E-state index is -0.238. The SMILES string of the molecule is C#CCOc1c(CC=C)cc(/C=C2\S[C@H](Nc3ccc(CC)cc3)NC2=O)cc1OCC. The van der Waals surface area contributed by atoms with E-state index in [1.165, 1.54) is 17.3 Å². The van der Waals surface area contributed by atoms with Gasteiger partial charge in [-0.05, 0) is 61.2 Å². The second kappa shape index (κ2) is 11.4. The Morgan fingerprint density at radius 3 is 2.69 bits per heavy atom. The molecule has 1 atom stereocenters. The molecule has 1 heterocycles. The van der Waals surface area contributed by atoms with E-state index in [-0.39, 0.29) is 18.0 Å². The van der Waals surface area contributed by atoms with Gasteiger partial charge in [0.05, 0.1) is 11.5 Å². The van der Waals surface area contributed by atoms with Gasteiger partial charge in [-0.1, -0.05) is 42.8 Å². The lowest BCUT2D eigenvalue weighted by Crippen LogP contribution is -2.30. The van der Waals surface area contributed by atoms with Crippen LogP contribution >= 0.6 is 11.8 Å². The molecule has 166 valence electrons. The number of anilines is 1. The topological polar surface area (TPSA) is 59.6 Å². The van der Waals surface area contributed by atoms with Crippen molar-refractivity contribution in [1.29, 1.82) is 0 Å². The zero-order chi connectivity index (χ0) is 22.9. The monoisotopic (exact) mass is 448 g/mol. The van der Waals surface area contributed by atoms with Gasteiger partial charge in [0.2, 0.25) is 0 Å². The van der Waals surface area contributed by atoms with Crippen molar-refractivity contribution in [3.63, 3.8) is 0 Å². The van der Waals surface area contributed by atoms with Crippen molar-refractivity contribution >= 4 is 29.4 Å². The van der Waals surface area contributed by atoms with Crippen LogP contribution in [0.3, 0.4) is 0 Å². The predicted octanol–water partition coefficient (Wildman–Crippen LogP) is 4.99. The van der Waals surface area contributed by atoms with Gasteiger partial charge in [0.1, 0.15) is 6.61 Å². The van der Waals surface area contributed by atoms with E-state index in [0.717, 1.165) is 23.2 Å². The van der Waals surface area contributed by atoms with Crippen LogP contribution in [0.25, 0.3) is 6.08 Å². The molecule has 0 saturated carbocycles. The molecule has 2 aromatic carbocycles. The average Bonchev–Trinajstić information content (AvgIpc) is 3.12. The molecule has 0 bridgehead atoms. The van der Waals surface area contributed by atoms with Crippen molar-refractivity contribution in [2.45, 2.75) is 32.2 Å². The molecule has 0 aliphatic carbocycles. The van der Waals surface area contributed by atoms with Crippen LogP contribution in [0.5, 0.6) is 11.5 Å². The molecule has 0 aromatic heterocycles. The van der Waals surface area contributed by atoms with E-state index in [0.29, 0.717) is 29.4 Å². The summed E-state index contributed by atoms with van der Waals surface area (Å²) in [6.07, 6.45) is 10.6. The molecule has 1 aliphatic rings. The van der Waals surface area contributed by atoms with Crippen LogP contribution in [0.15, 0.2) is 54.0 Å². The molecular formula is C26H28N2O3S.